The molecule has 4 nitrogen and oxygen atoms in total. The van der Waals surface area contributed by atoms with Crippen molar-refractivity contribution in [1.82, 2.24) is 15.1 Å². The molecule has 0 radical (unpaired) electrons. The molecule has 2 heterocycles. The number of hydrogen-bond acceptors (Lipinski definition) is 3. The first-order chi connectivity index (χ1) is 7.68. The summed E-state index contributed by atoms with van der Waals surface area (Å²) in [5, 5.41) is 3.32. The maximum atomic E-state index is 12.3. The van der Waals surface area contributed by atoms with E-state index >= 15 is 0 Å². The summed E-state index contributed by atoms with van der Waals surface area (Å²) in [6, 6.07) is 0.0624. The van der Waals surface area contributed by atoms with E-state index in [0.717, 1.165) is 39.3 Å². The molecule has 2 saturated heterocycles. The summed E-state index contributed by atoms with van der Waals surface area (Å²) in [5.74, 6) is 1.01. The summed E-state index contributed by atoms with van der Waals surface area (Å²) in [7, 11) is 0. The average Bonchev–Trinajstić information content (AvgIpc) is 2.75. The van der Waals surface area contributed by atoms with Crippen molar-refractivity contribution in [3.05, 3.63) is 0 Å². The summed E-state index contributed by atoms with van der Waals surface area (Å²) >= 11 is 0. The lowest BCUT2D eigenvalue weighted by atomic mass is 10.2. The van der Waals surface area contributed by atoms with Crippen molar-refractivity contribution in [2.24, 2.45) is 5.92 Å². The van der Waals surface area contributed by atoms with E-state index in [-0.39, 0.29) is 6.04 Å². The second kappa shape index (κ2) is 5.15. The number of piperazine rings is 1. The number of amides is 1. The number of rotatable bonds is 2. The van der Waals surface area contributed by atoms with Gasteiger partial charge in [-0.05, 0) is 19.3 Å². The standard InChI is InChI=1S/C12H23N3O/c1-10-3-6-15(9-10)12(16)11(2)14-7-4-13-5-8-14/h10-11,13H,3-9H2,1-2H3. The van der Waals surface area contributed by atoms with Crippen LogP contribution in [0.25, 0.3) is 0 Å². The number of likely N-dealkylation sites (tertiary alicyclic amines) is 1. The molecule has 0 aromatic rings. The summed E-state index contributed by atoms with van der Waals surface area (Å²) in [4.78, 5) is 16.6. The third kappa shape index (κ3) is 2.55. The van der Waals surface area contributed by atoms with Gasteiger partial charge in [0, 0.05) is 39.3 Å². The lowest BCUT2D eigenvalue weighted by molar-refractivity contribution is -0.135. The largest absolute Gasteiger partial charge is 0.341 e. The maximum absolute atomic E-state index is 12.3. The Morgan fingerprint density at radius 3 is 2.56 bits per heavy atom. The first-order valence-electron chi connectivity index (χ1n) is 6.42. The molecule has 0 aromatic carbocycles. The summed E-state index contributed by atoms with van der Waals surface area (Å²) < 4.78 is 0. The summed E-state index contributed by atoms with van der Waals surface area (Å²) in [6.45, 7) is 10.2. The van der Waals surface area contributed by atoms with Crippen molar-refractivity contribution in [3.8, 4) is 0 Å². The fourth-order valence-corrected chi connectivity index (χ4v) is 2.63. The number of nitrogens with zero attached hydrogens (tertiary/aromatic N) is 2. The normalized spacial score (nSPS) is 29.4. The molecule has 1 amide bonds. The Labute approximate surface area is 98.0 Å². The van der Waals surface area contributed by atoms with Crippen LogP contribution in [0.5, 0.6) is 0 Å². The van der Waals surface area contributed by atoms with Crippen molar-refractivity contribution < 1.29 is 4.79 Å². The summed E-state index contributed by atoms with van der Waals surface area (Å²) in [5.41, 5.74) is 0. The first-order valence-corrected chi connectivity index (χ1v) is 6.42. The lowest BCUT2D eigenvalue weighted by Crippen LogP contribution is -2.53. The van der Waals surface area contributed by atoms with Crippen LogP contribution in [0.4, 0.5) is 0 Å². The van der Waals surface area contributed by atoms with Gasteiger partial charge in [0.1, 0.15) is 0 Å². The van der Waals surface area contributed by atoms with E-state index in [4.69, 9.17) is 0 Å². The highest BCUT2D eigenvalue weighted by atomic mass is 16.2. The Hall–Kier alpha value is -0.610. The SMILES string of the molecule is CC1CCN(C(=O)C(C)N2CCNCC2)C1. The quantitative estimate of drug-likeness (QED) is 0.726. The van der Waals surface area contributed by atoms with Gasteiger partial charge in [0.15, 0.2) is 0 Å². The van der Waals surface area contributed by atoms with Crippen LogP contribution in [-0.2, 0) is 4.79 Å². The monoisotopic (exact) mass is 225 g/mol. The molecule has 0 aliphatic carbocycles. The molecule has 92 valence electrons. The Bertz CT molecular complexity index is 251. The van der Waals surface area contributed by atoms with E-state index in [2.05, 4.69) is 24.1 Å². The molecule has 0 saturated carbocycles. The van der Waals surface area contributed by atoms with Gasteiger partial charge >= 0.3 is 0 Å². The van der Waals surface area contributed by atoms with Crippen molar-refractivity contribution in [3.63, 3.8) is 0 Å². The molecular formula is C12H23N3O. The van der Waals surface area contributed by atoms with Gasteiger partial charge in [0.05, 0.1) is 6.04 Å². The van der Waals surface area contributed by atoms with Crippen molar-refractivity contribution in [1.29, 1.82) is 0 Å². The minimum Gasteiger partial charge on any atom is -0.341 e. The third-order valence-corrected chi connectivity index (χ3v) is 3.79. The van der Waals surface area contributed by atoms with E-state index in [1.165, 1.54) is 6.42 Å². The topological polar surface area (TPSA) is 35.6 Å². The zero-order chi connectivity index (χ0) is 11.5. The Balaban J connectivity index is 1.88. The molecule has 1 N–H and O–H groups in total. The molecule has 0 spiro atoms. The van der Waals surface area contributed by atoms with E-state index in [1.807, 2.05) is 4.90 Å². The third-order valence-electron chi connectivity index (χ3n) is 3.79. The van der Waals surface area contributed by atoms with Gasteiger partial charge in [0.2, 0.25) is 5.91 Å². The average molecular weight is 225 g/mol. The van der Waals surface area contributed by atoms with Gasteiger partial charge in [-0.25, -0.2) is 0 Å². The number of carbonyl (C=O) groups is 1. The van der Waals surface area contributed by atoms with Crippen LogP contribution in [0.2, 0.25) is 0 Å². The van der Waals surface area contributed by atoms with Crippen LogP contribution in [0.3, 0.4) is 0 Å². The van der Waals surface area contributed by atoms with E-state index in [1.54, 1.807) is 0 Å². The lowest BCUT2D eigenvalue weighted by Gasteiger charge is -2.34. The predicted octanol–water partition coefficient (Wildman–Crippen LogP) is 0.149. The highest BCUT2D eigenvalue weighted by Crippen LogP contribution is 2.17. The molecule has 0 bridgehead atoms. The second-order valence-corrected chi connectivity index (χ2v) is 5.14. The second-order valence-electron chi connectivity index (χ2n) is 5.14. The minimum absolute atomic E-state index is 0.0624. The zero-order valence-corrected chi connectivity index (χ0v) is 10.4. The molecule has 2 aliphatic rings. The Morgan fingerprint density at radius 2 is 2.00 bits per heavy atom. The zero-order valence-electron chi connectivity index (χ0n) is 10.4. The van der Waals surface area contributed by atoms with Gasteiger partial charge in [-0.3, -0.25) is 9.69 Å². The number of hydrogen-bond donors (Lipinski definition) is 1. The van der Waals surface area contributed by atoms with Crippen molar-refractivity contribution in [2.75, 3.05) is 39.3 Å². The van der Waals surface area contributed by atoms with E-state index in [0.29, 0.717) is 11.8 Å². The van der Waals surface area contributed by atoms with Crippen molar-refractivity contribution in [2.45, 2.75) is 26.3 Å². The van der Waals surface area contributed by atoms with Crippen LogP contribution in [0.1, 0.15) is 20.3 Å². The van der Waals surface area contributed by atoms with Gasteiger partial charge in [-0.15, -0.1) is 0 Å². The molecule has 2 atom stereocenters. The van der Waals surface area contributed by atoms with Crippen LogP contribution < -0.4 is 5.32 Å². The van der Waals surface area contributed by atoms with Gasteiger partial charge in [-0.2, -0.15) is 0 Å². The molecule has 2 unspecified atom stereocenters. The Kier molecular flexibility index (Phi) is 3.82. The minimum atomic E-state index is 0.0624. The highest BCUT2D eigenvalue weighted by molar-refractivity contribution is 5.81. The smallest absolute Gasteiger partial charge is 0.239 e. The van der Waals surface area contributed by atoms with Crippen LogP contribution in [0, 0.1) is 5.92 Å². The predicted molar refractivity (Wildman–Crippen MR) is 64.3 cm³/mol. The number of nitrogens with one attached hydrogen (secondary N) is 1. The van der Waals surface area contributed by atoms with Gasteiger partial charge in [0.25, 0.3) is 0 Å². The van der Waals surface area contributed by atoms with E-state index in [9.17, 15) is 4.79 Å². The molecule has 2 aliphatic heterocycles. The molecule has 16 heavy (non-hydrogen) atoms. The molecule has 2 fully saturated rings. The molecule has 0 aromatic heterocycles. The van der Waals surface area contributed by atoms with Gasteiger partial charge < -0.3 is 10.2 Å². The highest BCUT2D eigenvalue weighted by Gasteiger charge is 2.30. The fraction of sp³-hybridized carbons (Fsp3) is 0.917. The summed E-state index contributed by atoms with van der Waals surface area (Å²) in [6.07, 6.45) is 1.17. The van der Waals surface area contributed by atoms with Crippen LogP contribution in [-0.4, -0.2) is 61.0 Å². The first kappa shape index (κ1) is 11.9. The van der Waals surface area contributed by atoms with Gasteiger partial charge in [-0.1, -0.05) is 6.92 Å². The fourth-order valence-electron chi connectivity index (χ4n) is 2.63. The van der Waals surface area contributed by atoms with Crippen molar-refractivity contribution >= 4 is 5.91 Å². The molecule has 4 heteroatoms. The van der Waals surface area contributed by atoms with E-state index < -0.39 is 0 Å². The maximum Gasteiger partial charge on any atom is 0.239 e. The van der Waals surface area contributed by atoms with Crippen LogP contribution >= 0.6 is 0 Å². The molecule has 2 rings (SSSR count). The van der Waals surface area contributed by atoms with Crippen LogP contribution in [0.15, 0.2) is 0 Å². The Morgan fingerprint density at radius 1 is 1.31 bits per heavy atom. The number of carbonyl (C=O) groups excluding carboxylic acids is 1. The molecular weight excluding hydrogens is 202 g/mol.